The first-order valence-corrected chi connectivity index (χ1v) is 10.0. The van der Waals surface area contributed by atoms with E-state index in [1.807, 2.05) is 20.0 Å². The molecule has 0 amide bonds. The lowest BCUT2D eigenvalue weighted by Crippen LogP contribution is -2.51. The number of hydrogen-bond acceptors (Lipinski definition) is 6. The van der Waals surface area contributed by atoms with Gasteiger partial charge in [-0.3, -0.25) is 4.90 Å². The highest BCUT2D eigenvalue weighted by Crippen LogP contribution is 2.36. The molecule has 4 rings (SSSR count). The van der Waals surface area contributed by atoms with Crippen molar-refractivity contribution in [2.45, 2.75) is 39.1 Å². The predicted molar refractivity (Wildman–Crippen MR) is 112 cm³/mol. The van der Waals surface area contributed by atoms with Gasteiger partial charge in [0.15, 0.2) is 5.82 Å². The van der Waals surface area contributed by atoms with E-state index in [-0.39, 0.29) is 11.7 Å². The topological polar surface area (TPSA) is 63.2 Å². The van der Waals surface area contributed by atoms with E-state index < -0.39 is 17.8 Å². The third-order valence-corrected chi connectivity index (χ3v) is 5.64. The molecule has 0 aliphatic carbocycles. The summed E-state index contributed by atoms with van der Waals surface area (Å²) in [4.78, 5) is 6.53. The molecule has 0 bridgehead atoms. The van der Waals surface area contributed by atoms with Crippen LogP contribution in [0.4, 0.5) is 19.0 Å². The van der Waals surface area contributed by atoms with Crippen LogP contribution in [-0.2, 0) is 6.18 Å². The average molecular weight is 431 g/mol. The molecule has 1 aliphatic rings. The summed E-state index contributed by atoms with van der Waals surface area (Å²) in [5, 5.41) is 13.3. The van der Waals surface area contributed by atoms with Crippen molar-refractivity contribution in [2.75, 3.05) is 25.5 Å². The van der Waals surface area contributed by atoms with Crippen molar-refractivity contribution in [1.29, 1.82) is 0 Å². The summed E-state index contributed by atoms with van der Waals surface area (Å²) in [7, 11) is 2.02. The zero-order chi connectivity index (χ0) is 22.3. The molecule has 9 heteroatoms. The van der Waals surface area contributed by atoms with Crippen molar-refractivity contribution in [3.8, 4) is 5.88 Å². The zero-order valence-electron chi connectivity index (χ0n) is 17.8. The largest absolute Gasteiger partial charge is 0.472 e. The van der Waals surface area contributed by atoms with Crippen LogP contribution in [0, 0.1) is 13.8 Å². The van der Waals surface area contributed by atoms with Gasteiger partial charge in [0.25, 0.3) is 0 Å². The predicted octanol–water partition coefficient (Wildman–Crippen LogP) is 4.53. The van der Waals surface area contributed by atoms with E-state index in [1.54, 1.807) is 19.2 Å². The van der Waals surface area contributed by atoms with Gasteiger partial charge in [-0.15, -0.1) is 5.10 Å². The van der Waals surface area contributed by atoms with Crippen LogP contribution < -0.4 is 10.1 Å². The minimum absolute atomic E-state index is 0.0916. The number of ether oxygens (including phenoxy) is 1. The second kappa shape index (κ2) is 7.96. The third kappa shape index (κ3) is 4.27. The Labute approximate surface area is 178 Å². The summed E-state index contributed by atoms with van der Waals surface area (Å²) in [5.74, 6) is 0.965. The van der Waals surface area contributed by atoms with Gasteiger partial charge in [0, 0.05) is 36.1 Å². The molecule has 31 heavy (non-hydrogen) atoms. The molecule has 0 radical (unpaired) electrons. The summed E-state index contributed by atoms with van der Waals surface area (Å²) in [6, 6.07) is 5.60. The van der Waals surface area contributed by atoms with Crippen LogP contribution in [0.15, 0.2) is 30.5 Å². The van der Waals surface area contributed by atoms with Crippen LogP contribution in [0.3, 0.4) is 0 Å². The molecule has 6 nitrogen and oxygen atoms in total. The molecule has 3 aromatic rings. The Morgan fingerprint density at radius 3 is 2.58 bits per heavy atom. The van der Waals surface area contributed by atoms with Gasteiger partial charge in [-0.05, 0) is 45.0 Å². The number of nitrogens with zero attached hydrogens (tertiary/aromatic N) is 4. The van der Waals surface area contributed by atoms with E-state index in [0.717, 1.165) is 29.9 Å². The molecule has 0 saturated carbocycles. The molecule has 1 saturated heterocycles. The van der Waals surface area contributed by atoms with Gasteiger partial charge in [0.05, 0.1) is 17.3 Å². The first-order chi connectivity index (χ1) is 14.6. The van der Waals surface area contributed by atoms with Gasteiger partial charge in [0.2, 0.25) is 5.88 Å². The van der Waals surface area contributed by atoms with E-state index in [2.05, 4.69) is 25.4 Å². The number of anilines is 1. The first kappa shape index (κ1) is 21.3. The lowest BCUT2D eigenvalue weighted by atomic mass is 9.97. The van der Waals surface area contributed by atoms with Crippen molar-refractivity contribution >= 4 is 16.6 Å². The number of rotatable bonds is 5. The molecule has 0 spiro atoms. The number of aromatic nitrogens is 3. The van der Waals surface area contributed by atoms with E-state index in [4.69, 9.17) is 4.74 Å². The number of hydrogen-bond donors (Lipinski definition) is 1. The Morgan fingerprint density at radius 2 is 1.90 bits per heavy atom. The Hall–Kier alpha value is -2.94. The standard InChI is InChI=1S/C22H24F3N5O/c1-12-16(6-5-7-19(12)22(23,24)25)13(2)27-21-17-8-20(31-15-10-30(4)11-15)26-9-18(17)14(3)28-29-21/h5-9,13,15H,10-11H2,1-4H3,(H,27,29)/t13-/m1/s1. The van der Waals surface area contributed by atoms with Crippen LogP contribution in [-0.4, -0.2) is 46.3 Å². The van der Waals surface area contributed by atoms with Crippen molar-refractivity contribution in [1.82, 2.24) is 20.1 Å². The van der Waals surface area contributed by atoms with E-state index >= 15 is 0 Å². The van der Waals surface area contributed by atoms with Crippen molar-refractivity contribution in [2.24, 2.45) is 0 Å². The molecule has 1 aromatic carbocycles. The summed E-state index contributed by atoms with van der Waals surface area (Å²) < 4.78 is 45.9. The number of likely N-dealkylation sites (N-methyl/N-ethyl adjacent to an activating group) is 1. The number of benzene rings is 1. The fraction of sp³-hybridized carbons (Fsp3) is 0.409. The maximum absolute atomic E-state index is 13.3. The van der Waals surface area contributed by atoms with Crippen LogP contribution >= 0.6 is 0 Å². The number of alkyl halides is 3. The number of likely N-dealkylation sites (tertiary alicyclic amines) is 1. The molecule has 1 atom stereocenters. The maximum Gasteiger partial charge on any atom is 0.416 e. The molecular formula is C22H24F3N5O. The lowest BCUT2D eigenvalue weighted by Gasteiger charge is -2.35. The normalized spacial score (nSPS) is 16.2. The van der Waals surface area contributed by atoms with E-state index in [9.17, 15) is 13.2 Å². The second-order valence-corrected chi connectivity index (χ2v) is 8.05. The summed E-state index contributed by atoms with van der Waals surface area (Å²) in [6.45, 7) is 6.80. The van der Waals surface area contributed by atoms with Crippen LogP contribution in [0.1, 0.15) is 35.3 Å². The molecule has 1 N–H and O–H groups in total. The highest BCUT2D eigenvalue weighted by Gasteiger charge is 2.33. The maximum atomic E-state index is 13.3. The fourth-order valence-corrected chi connectivity index (χ4v) is 3.92. The van der Waals surface area contributed by atoms with Crippen molar-refractivity contribution < 1.29 is 17.9 Å². The number of aryl methyl sites for hydroxylation is 1. The minimum atomic E-state index is -4.40. The summed E-state index contributed by atoms with van der Waals surface area (Å²) in [6.07, 6.45) is -2.61. The third-order valence-electron chi connectivity index (χ3n) is 5.64. The van der Waals surface area contributed by atoms with Crippen molar-refractivity contribution in [3.05, 3.63) is 52.8 Å². The second-order valence-electron chi connectivity index (χ2n) is 8.05. The Bertz CT molecular complexity index is 1110. The van der Waals surface area contributed by atoms with E-state index in [1.165, 1.54) is 13.0 Å². The Kier molecular flexibility index (Phi) is 5.47. The first-order valence-electron chi connectivity index (χ1n) is 10.0. The van der Waals surface area contributed by atoms with Gasteiger partial charge < -0.3 is 10.1 Å². The zero-order valence-corrected chi connectivity index (χ0v) is 17.8. The molecule has 0 unspecified atom stereocenters. The number of pyridine rings is 1. The summed E-state index contributed by atoms with van der Waals surface area (Å²) in [5.41, 5.74) is 0.822. The van der Waals surface area contributed by atoms with Crippen LogP contribution in [0.25, 0.3) is 10.8 Å². The number of halogens is 3. The SMILES string of the molecule is Cc1c([C@@H](C)Nc2nnc(C)c3cnc(OC4CN(C)C4)cc23)cccc1C(F)(F)F. The van der Waals surface area contributed by atoms with Crippen LogP contribution in [0.2, 0.25) is 0 Å². The molecular weight excluding hydrogens is 407 g/mol. The van der Waals surface area contributed by atoms with Gasteiger partial charge in [0.1, 0.15) is 6.10 Å². The monoisotopic (exact) mass is 431 g/mol. The Balaban J connectivity index is 1.65. The minimum Gasteiger partial charge on any atom is -0.472 e. The smallest absolute Gasteiger partial charge is 0.416 e. The summed E-state index contributed by atoms with van der Waals surface area (Å²) >= 11 is 0. The molecule has 164 valence electrons. The average Bonchev–Trinajstić information content (AvgIpc) is 2.68. The quantitative estimate of drug-likeness (QED) is 0.641. The molecule has 1 fully saturated rings. The van der Waals surface area contributed by atoms with Gasteiger partial charge in [-0.1, -0.05) is 12.1 Å². The van der Waals surface area contributed by atoms with Crippen molar-refractivity contribution in [3.63, 3.8) is 0 Å². The molecule has 3 heterocycles. The Morgan fingerprint density at radius 1 is 1.16 bits per heavy atom. The highest BCUT2D eigenvalue weighted by atomic mass is 19.4. The van der Waals surface area contributed by atoms with Gasteiger partial charge in [-0.2, -0.15) is 18.3 Å². The van der Waals surface area contributed by atoms with Gasteiger partial charge >= 0.3 is 6.18 Å². The molecule has 1 aliphatic heterocycles. The number of fused-ring (bicyclic) bond motifs is 1. The van der Waals surface area contributed by atoms with Crippen LogP contribution in [0.5, 0.6) is 5.88 Å². The highest BCUT2D eigenvalue weighted by molar-refractivity contribution is 5.93. The number of nitrogens with one attached hydrogen (secondary N) is 1. The lowest BCUT2D eigenvalue weighted by molar-refractivity contribution is -0.138. The fourth-order valence-electron chi connectivity index (χ4n) is 3.92. The van der Waals surface area contributed by atoms with Gasteiger partial charge in [-0.25, -0.2) is 4.98 Å². The molecule has 2 aromatic heterocycles. The van der Waals surface area contributed by atoms with E-state index in [0.29, 0.717) is 23.0 Å².